The number of nitrogens with one attached hydrogen (secondary N) is 2. The van der Waals surface area contributed by atoms with Crippen molar-refractivity contribution in [2.24, 2.45) is 0 Å². The highest BCUT2D eigenvalue weighted by atomic mass is 35.5. The van der Waals surface area contributed by atoms with E-state index in [1.807, 2.05) is 34.9 Å². The van der Waals surface area contributed by atoms with Crippen molar-refractivity contribution in [1.82, 2.24) is 25.3 Å². The van der Waals surface area contributed by atoms with Gasteiger partial charge in [-0.2, -0.15) is 5.10 Å². The molecule has 10 nitrogen and oxygen atoms in total. The van der Waals surface area contributed by atoms with Crippen LogP contribution in [0.25, 0.3) is 0 Å². The number of ether oxygens (including phenoxy) is 1. The van der Waals surface area contributed by atoms with Gasteiger partial charge in [-0.15, -0.1) is 0 Å². The van der Waals surface area contributed by atoms with Crippen molar-refractivity contribution >= 4 is 29.3 Å². The van der Waals surface area contributed by atoms with Crippen LogP contribution in [0, 0.1) is 13.8 Å². The fourth-order valence-corrected chi connectivity index (χ4v) is 6.32. The number of nitrogens with zero attached hydrogens (tertiary/aromatic N) is 3. The monoisotopic (exact) mass is 605 g/mol. The topological polar surface area (TPSA) is 125 Å². The lowest BCUT2D eigenvalue weighted by Crippen LogP contribution is -2.55. The maximum absolute atomic E-state index is 14.1. The molecule has 5 rings (SSSR count). The standard InChI is InChI=1S/C32H36ClN5O5/c1-18-15-23(10-13-27(18)43-28-16-19(2)35-36-31(28)41)30(40)34-20(3)32(42)38-25(21(4)37-14-6-9-29(37)39)11-12-26(38)22-7-5-8-24(33)17-22/h5,7-8,10,13,15-17,20-21,25-26H,6,9,11-12,14H2,1-4H3,(H,34,40)(H,36,41)/t20-,21+,25-,26+/m1/s1. The summed E-state index contributed by atoms with van der Waals surface area (Å²) < 4.78 is 5.77. The zero-order valence-corrected chi connectivity index (χ0v) is 25.5. The molecule has 3 heterocycles. The number of benzene rings is 2. The number of rotatable bonds is 8. The summed E-state index contributed by atoms with van der Waals surface area (Å²) in [4.78, 5) is 55.8. The molecule has 0 aliphatic carbocycles. The minimum Gasteiger partial charge on any atom is -0.451 e. The van der Waals surface area contributed by atoms with Gasteiger partial charge in [0.05, 0.1) is 17.8 Å². The first-order valence-electron chi connectivity index (χ1n) is 14.6. The fourth-order valence-electron chi connectivity index (χ4n) is 6.12. The number of aromatic nitrogens is 2. The van der Waals surface area contributed by atoms with Gasteiger partial charge in [0, 0.05) is 35.7 Å². The van der Waals surface area contributed by atoms with Crippen molar-refractivity contribution in [1.29, 1.82) is 0 Å². The Balaban J connectivity index is 1.34. The Morgan fingerprint density at radius 1 is 1.07 bits per heavy atom. The predicted molar refractivity (Wildman–Crippen MR) is 162 cm³/mol. The van der Waals surface area contributed by atoms with Gasteiger partial charge in [-0.3, -0.25) is 19.2 Å². The fraction of sp³-hybridized carbons (Fsp3) is 0.406. The van der Waals surface area contributed by atoms with Gasteiger partial charge in [-0.1, -0.05) is 23.7 Å². The summed E-state index contributed by atoms with van der Waals surface area (Å²) >= 11 is 6.31. The van der Waals surface area contributed by atoms with E-state index in [0.29, 0.717) is 40.6 Å². The Bertz CT molecular complexity index is 1610. The number of hydrogen-bond acceptors (Lipinski definition) is 6. The average molecular weight is 606 g/mol. The molecule has 4 atom stereocenters. The predicted octanol–water partition coefficient (Wildman–Crippen LogP) is 4.69. The Morgan fingerprint density at radius 2 is 1.86 bits per heavy atom. The molecular weight excluding hydrogens is 570 g/mol. The first-order valence-corrected chi connectivity index (χ1v) is 14.9. The molecule has 11 heteroatoms. The Kier molecular flexibility index (Phi) is 8.87. The number of carbonyl (C=O) groups excluding carboxylic acids is 3. The molecule has 2 aliphatic heterocycles. The molecule has 3 aromatic rings. The van der Waals surface area contributed by atoms with E-state index in [4.69, 9.17) is 16.3 Å². The highest BCUT2D eigenvalue weighted by Gasteiger charge is 2.44. The van der Waals surface area contributed by atoms with Gasteiger partial charge in [0.2, 0.25) is 11.8 Å². The lowest BCUT2D eigenvalue weighted by Gasteiger charge is -2.39. The van der Waals surface area contributed by atoms with Crippen molar-refractivity contribution in [3.8, 4) is 11.5 Å². The summed E-state index contributed by atoms with van der Waals surface area (Å²) in [6.07, 6.45) is 2.80. The second-order valence-electron chi connectivity index (χ2n) is 11.4. The van der Waals surface area contributed by atoms with Crippen molar-refractivity contribution in [2.75, 3.05) is 6.54 Å². The molecule has 2 aromatic carbocycles. The van der Waals surface area contributed by atoms with Crippen LogP contribution in [0.15, 0.2) is 53.3 Å². The second-order valence-corrected chi connectivity index (χ2v) is 11.8. The zero-order chi connectivity index (χ0) is 30.8. The number of halogens is 1. The highest BCUT2D eigenvalue weighted by Crippen LogP contribution is 2.40. The summed E-state index contributed by atoms with van der Waals surface area (Å²) in [5.41, 5.74) is 2.06. The molecular formula is C32H36ClN5O5. The molecule has 3 amide bonds. The molecule has 226 valence electrons. The van der Waals surface area contributed by atoms with Gasteiger partial charge in [0.25, 0.3) is 5.91 Å². The van der Waals surface area contributed by atoms with E-state index in [2.05, 4.69) is 15.5 Å². The number of aromatic amines is 1. The number of likely N-dealkylation sites (tertiary alicyclic amines) is 2. The van der Waals surface area contributed by atoms with E-state index in [1.54, 1.807) is 45.0 Å². The van der Waals surface area contributed by atoms with Crippen LogP contribution in [0.5, 0.6) is 11.5 Å². The molecule has 0 radical (unpaired) electrons. The van der Waals surface area contributed by atoms with Crippen LogP contribution < -0.4 is 15.6 Å². The maximum atomic E-state index is 14.1. The van der Waals surface area contributed by atoms with Crippen molar-refractivity contribution < 1.29 is 19.1 Å². The Labute approximate surface area is 255 Å². The van der Waals surface area contributed by atoms with Gasteiger partial charge < -0.3 is 19.9 Å². The van der Waals surface area contributed by atoms with Crippen LogP contribution in [-0.2, 0) is 9.59 Å². The molecule has 0 unspecified atom stereocenters. The Hall–Kier alpha value is -4.18. The number of hydrogen-bond donors (Lipinski definition) is 2. The molecule has 0 bridgehead atoms. The minimum atomic E-state index is -0.828. The van der Waals surface area contributed by atoms with Crippen LogP contribution in [-0.4, -0.2) is 62.4 Å². The van der Waals surface area contributed by atoms with E-state index in [0.717, 1.165) is 24.8 Å². The molecule has 2 saturated heterocycles. The largest absolute Gasteiger partial charge is 0.451 e. The third-order valence-corrected chi connectivity index (χ3v) is 8.58. The summed E-state index contributed by atoms with van der Waals surface area (Å²) in [7, 11) is 0. The van der Waals surface area contributed by atoms with Crippen LogP contribution in [0.3, 0.4) is 0 Å². The van der Waals surface area contributed by atoms with E-state index in [-0.39, 0.29) is 35.7 Å². The lowest BCUT2D eigenvalue weighted by atomic mass is 10.0. The quantitative estimate of drug-likeness (QED) is 0.384. The number of carbonyl (C=O) groups is 3. The summed E-state index contributed by atoms with van der Waals surface area (Å²) in [5.74, 6) is 0.00549. The van der Waals surface area contributed by atoms with Crippen LogP contribution in [0.4, 0.5) is 0 Å². The van der Waals surface area contributed by atoms with Crippen molar-refractivity contribution in [3.05, 3.63) is 86.3 Å². The van der Waals surface area contributed by atoms with Gasteiger partial charge in [-0.25, -0.2) is 5.10 Å². The van der Waals surface area contributed by atoms with Gasteiger partial charge in [0.15, 0.2) is 5.75 Å². The molecule has 2 aliphatic rings. The van der Waals surface area contributed by atoms with Crippen LogP contribution >= 0.6 is 11.6 Å². The van der Waals surface area contributed by atoms with Gasteiger partial charge >= 0.3 is 5.56 Å². The van der Waals surface area contributed by atoms with Crippen LogP contribution in [0.1, 0.15) is 72.8 Å². The molecule has 2 N–H and O–H groups in total. The number of aryl methyl sites for hydroxylation is 2. The minimum absolute atomic E-state index is 0.103. The first-order chi connectivity index (χ1) is 20.5. The van der Waals surface area contributed by atoms with Crippen molar-refractivity contribution in [2.45, 2.75) is 77.5 Å². The van der Waals surface area contributed by atoms with E-state index >= 15 is 0 Å². The molecule has 2 fully saturated rings. The Morgan fingerprint density at radius 3 is 2.56 bits per heavy atom. The van der Waals surface area contributed by atoms with Crippen molar-refractivity contribution in [3.63, 3.8) is 0 Å². The third kappa shape index (κ3) is 6.44. The third-order valence-electron chi connectivity index (χ3n) is 8.35. The van der Waals surface area contributed by atoms with E-state index in [1.165, 1.54) is 6.07 Å². The van der Waals surface area contributed by atoms with E-state index in [9.17, 15) is 19.2 Å². The SMILES string of the molecule is Cc1cc(Oc2ccc(C(=O)N[C@H](C)C(=O)N3[C@@H]([C@H](C)N4CCCC4=O)CC[C@H]3c3cccc(Cl)c3)cc2C)c(=O)[nH]n1. The first kappa shape index (κ1) is 30.3. The molecule has 0 spiro atoms. The highest BCUT2D eigenvalue weighted by molar-refractivity contribution is 6.30. The second kappa shape index (κ2) is 12.6. The lowest BCUT2D eigenvalue weighted by molar-refractivity contribution is -0.140. The zero-order valence-electron chi connectivity index (χ0n) is 24.7. The number of amides is 3. The normalized spacial score (nSPS) is 19.8. The maximum Gasteiger partial charge on any atom is 0.307 e. The summed E-state index contributed by atoms with van der Waals surface area (Å²) in [6, 6.07) is 12.5. The smallest absolute Gasteiger partial charge is 0.307 e. The van der Waals surface area contributed by atoms with E-state index < -0.39 is 17.5 Å². The van der Waals surface area contributed by atoms with Gasteiger partial charge in [-0.05, 0) is 88.4 Å². The van der Waals surface area contributed by atoms with Gasteiger partial charge in [0.1, 0.15) is 11.8 Å². The average Bonchev–Trinajstić information content (AvgIpc) is 3.61. The summed E-state index contributed by atoms with van der Waals surface area (Å²) in [5, 5.41) is 9.68. The molecule has 0 saturated carbocycles. The summed E-state index contributed by atoms with van der Waals surface area (Å²) in [6.45, 7) is 7.87. The molecule has 43 heavy (non-hydrogen) atoms. The van der Waals surface area contributed by atoms with Crippen LogP contribution in [0.2, 0.25) is 5.02 Å². The number of H-pyrrole nitrogens is 1. The molecule has 1 aromatic heterocycles.